The standard InChI is InChI=1S/C23H28FN5O.HI/c1-2-25-23(26-10-9-17-16-27-20-8-7-18(24)15-19(17)20)29-13-11-28(12-14-29)21-5-3-4-6-22(21)30;/h3-8,15-16,27,30H,2,9-14H2,1H3,(H,25,26);1H. The van der Waals surface area contributed by atoms with Gasteiger partial charge in [0.2, 0.25) is 0 Å². The Balaban J connectivity index is 0.00000272. The number of phenolic OH excluding ortho intramolecular Hbond substituents is 1. The van der Waals surface area contributed by atoms with E-state index in [1.807, 2.05) is 24.4 Å². The molecule has 6 nitrogen and oxygen atoms in total. The third kappa shape index (κ3) is 5.41. The molecule has 0 aliphatic carbocycles. The largest absolute Gasteiger partial charge is 0.506 e. The van der Waals surface area contributed by atoms with Gasteiger partial charge in [-0.05, 0) is 49.2 Å². The third-order valence-corrected chi connectivity index (χ3v) is 5.51. The highest BCUT2D eigenvalue weighted by Gasteiger charge is 2.21. The van der Waals surface area contributed by atoms with Crippen LogP contribution in [0.25, 0.3) is 10.9 Å². The molecule has 3 aromatic rings. The highest BCUT2D eigenvalue weighted by atomic mass is 127. The highest BCUT2D eigenvalue weighted by molar-refractivity contribution is 14.0. The van der Waals surface area contributed by atoms with Crippen LogP contribution in [0, 0.1) is 5.82 Å². The molecule has 0 unspecified atom stereocenters. The second kappa shape index (κ2) is 10.7. The minimum Gasteiger partial charge on any atom is -0.506 e. The number of piperazine rings is 1. The number of hydrogen-bond acceptors (Lipinski definition) is 3. The van der Waals surface area contributed by atoms with Crippen molar-refractivity contribution in [2.45, 2.75) is 13.3 Å². The monoisotopic (exact) mass is 537 g/mol. The van der Waals surface area contributed by atoms with Gasteiger partial charge >= 0.3 is 0 Å². The van der Waals surface area contributed by atoms with E-state index in [0.29, 0.717) is 12.3 Å². The van der Waals surface area contributed by atoms with Gasteiger partial charge in [0.15, 0.2) is 5.96 Å². The van der Waals surface area contributed by atoms with Gasteiger partial charge in [0.25, 0.3) is 0 Å². The number of aromatic amines is 1. The molecule has 1 aliphatic rings. The van der Waals surface area contributed by atoms with Crippen molar-refractivity contribution < 1.29 is 9.50 Å². The van der Waals surface area contributed by atoms with Gasteiger partial charge in [0, 0.05) is 56.4 Å². The molecule has 0 spiro atoms. The van der Waals surface area contributed by atoms with E-state index in [1.54, 1.807) is 18.2 Å². The van der Waals surface area contributed by atoms with Crippen LogP contribution in [0.1, 0.15) is 12.5 Å². The molecule has 0 bridgehead atoms. The van der Waals surface area contributed by atoms with Gasteiger partial charge in [-0.3, -0.25) is 4.99 Å². The summed E-state index contributed by atoms with van der Waals surface area (Å²) in [6.45, 7) is 6.81. The zero-order valence-electron chi connectivity index (χ0n) is 17.6. The quantitative estimate of drug-likeness (QED) is 0.262. The van der Waals surface area contributed by atoms with Crippen LogP contribution in [0.15, 0.2) is 53.7 Å². The molecule has 3 N–H and O–H groups in total. The molecule has 8 heteroatoms. The van der Waals surface area contributed by atoms with E-state index >= 15 is 0 Å². The van der Waals surface area contributed by atoms with Crippen LogP contribution in [0.3, 0.4) is 0 Å². The molecule has 0 amide bonds. The lowest BCUT2D eigenvalue weighted by molar-refractivity contribution is 0.370. The molecule has 0 radical (unpaired) electrons. The highest BCUT2D eigenvalue weighted by Crippen LogP contribution is 2.27. The van der Waals surface area contributed by atoms with Crippen LogP contribution in [0.4, 0.5) is 10.1 Å². The summed E-state index contributed by atoms with van der Waals surface area (Å²) in [6.07, 6.45) is 2.69. The number of para-hydroxylation sites is 2. The molecule has 0 saturated carbocycles. The average Bonchev–Trinajstić information content (AvgIpc) is 3.16. The summed E-state index contributed by atoms with van der Waals surface area (Å²) in [5, 5.41) is 14.4. The lowest BCUT2D eigenvalue weighted by atomic mass is 10.1. The predicted octanol–water partition coefficient (Wildman–Crippen LogP) is 3.96. The Morgan fingerprint density at radius 1 is 1.16 bits per heavy atom. The van der Waals surface area contributed by atoms with Gasteiger partial charge in [-0.25, -0.2) is 4.39 Å². The van der Waals surface area contributed by atoms with Crippen LogP contribution in [-0.2, 0) is 6.42 Å². The number of benzene rings is 2. The Kier molecular flexibility index (Phi) is 8.00. The first kappa shape index (κ1) is 23.2. The number of rotatable bonds is 5. The SMILES string of the molecule is CCNC(=NCCc1c[nH]c2ccc(F)cc12)N1CCN(c2ccccc2O)CC1.I. The maximum absolute atomic E-state index is 13.6. The molecule has 4 rings (SSSR count). The molecule has 1 fully saturated rings. The number of hydrogen-bond donors (Lipinski definition) is 3. The molecule has 1 aliphatic heterocycles. The maximum Gasteiger partial charge on any atom is 0.194 e. The number of aromatic hydroxyl groups is 1. The average molecular weight is 537 g/mol. The molecule has 1 aromatic heterocycles. The van der Waals surface area contributed by atoms with Crippen LogP contribution in [0.5, 0.6) is 5.75 Å². The van der Waals surface area contributed by atoms with E-state index in [0.717, 1.165) is 67.3 Å². The number of nitrogens with zero attached hydrogens (tertiary/aromatic N) is 3. The van der Waals surface area contributed by atoms with Crippen molar-refractivity contribution in [3.8, 4) is 5.75 Å². The van der Waals surface area contributed by atoms with Crippen molar-refractivity contribution in [1.82, 2.24) is 15.2 Å². The Labute approximate surface area is 199 Å². The maximum atomic E-state index is 13.6. The van der Waals surface area contributed by atoms with Crippen LogP contribution in [0.2, 0.25) is 0 Å². The molecular formula is C23H29FIN5O. The van der Waals surface area contributed by atoms with Gasteiger partial charge in [0.05, 0.1) is 5.69 Å². The number of phenols is 1. The molecule has 2 heterocycles. The van der Waals surface area contributed by atoms with E-state index in [4.69, 9.17) is 4.99 Å². The Morgan fingerprint density at radius 3 is 2.68 bits per heavy atom. The molecular weight excluding hydrogens is 508 g/mol. The summed E-state index contributed by atoms with van der Waals surface area (Å²) in [7, 11) is 0. The third-order valence-electron chi connectivity index (χ3n) is 5.51. The summed E-state index contributed by atoms with van der Waals surface area (Å²) >= 11 is 0. The van der Waals surface area contributed by atoms with Crippen molar-refractivity contribution in [2.75, 3.05) is 44.2 Å². The zero-order valence-corrected chi connectivity index (χ0v) is 20.0. The summed E-state index contributed by atoms with van der Waals surface area (Å²) < 4.78 is 13.6. The van der Waals surface area contributed by atoms with E-state index in [-0.39, 0.29) is 29.8 Å². The van der Waals surface area contributed by atoms with Crippen molar-refractivity contribution >= 4 is 46.5 Å². The minimum absolute atomic E-state index is 0. The first-order valence-corrected chi connectivity index (χ1v) is 10.5. The molecule has 0 atom stereocenters. The summed E-state index contributed by atoms with van der Waals surface area (Å²) in [5.41, 5.74) is 2.90. The van der Waals surface area contributed by atoms with Gasteiger partial charge in [0.1, 0.15) is 11.6 Å². The van der Waals surface area contributed by atoms with Crippen LogP contribution < -0.4 is 10.2 Å². The number of fused-ring (bicyclic) bond motifs is 1. The fraction of sp³-hybridized carbons (Fsp3) is 0.348. The summed E-state index contributed by atoms with van der Waals surface area (Å²) in [4.78, 5) is 12.5. The van der Waals surface area contributed by atoms with E-state index < -0.39 is 0 Å². The van der Waals surface area contributed by atoms with E-state index in [2.05, 4.69) is 27.0 Å². The van der Waals surface area contributed by atoms with Crippen molar-refractivity contribution in [1.29, 1.82) is 0 Å². The Bertz CT molecular complexity index is 1030. The number of anilines is 1. The first-order valence-electron chi connectivity index (χ1n) is 10.5. The zero-order chi connectivity index (χ0) is 20.9. The lowest BCUT2D eigenvalue weighted by Gasteiger charge is -2.37. The normalized spacial score (nSPS) is 14.6. The fourth-order valence-electron chi connectivity index (χ4n) is 3.96. The summed E-state index contributed by atoms with van der Waals surface area (Å²) in [6, 6.07) is 12.3. The van der Waals surface area contributed by atoms with Crippen LogP contribution in [-0.4, -0.2) is 60.2 Å². The Morgan fingerprint density at radius 2 is 1.94 bits per heavy atom. The van der Waals surface area contributed by atoms with Gasteiger partial charge in [-0.15, -0.1) is 24.0 Å². The van der Waals surface area contributed by atoms with Gasteiger partial charge < -0.3 is 25.2 Å². The lowest BCUT2D eigenvalue weighted by Crippen LogP contribution is -2.52. The van der Waals surface area contributed by atoms with Crippen molar-refractivity contribution in [3.63, 3.8) is 0 Å². The number of nitrogens with one attached hydrogen (secondary N) is 2. The number of halogens is 2. The number of H-pyrrole nitrogens is 1. The smallest absolute Gasteiger partial charge is 0.194 e. The summed E-state index contributed by atoms with van der Waals surface area (Å²) in [5.74, 6) is 1.00. The second-order valence-electron chi connectivity index (χ2n) is 7.45. The van der Waals surface area contributed by atoms with E-state index in [9.17, 15) is 9.50 Å². The first-order chi connectivity index (χ1) is 14.7. The Hall–Kier alpha value is -2.49. The molecule has 1 saturated heterocycles. The van der Waals surface area contributed by atoms with Crippen LogP contribution >= 0.6 is 24.0 Å². The minimum atomic E-state index is -0.220. The number of aromatic nitrogens is 1. The second-order valence-corrected chi connectivity index (χ2v) is 7.45. The van der Waals surface area contributed by atoms with Gasteiger partial charge in [-0.2, -0.15) is 0 Å². The molecule has 2 aromatic carbocycles. The van der Waals surface area contributed by atoms with Crippen molar-refractivity contribution in [2.24, 2.45) is 4.99 Å². The predicted molar refractivity (Wildman–Crippen MR) is 135 cm³/mol. The van der Waals surface area contributed by atoms with Gasteiger partial charge in [-0.1, -0.05) is 12.1 Å². The molecule has 31 heavy (non-hydrogen) atoms. The topological polar surface area (TPSA) is 66.9 Å². The number of guanidine groups is 1. The fourth-order valence-corrected chi connectivity index (χ4v) is 3.96. The van der Waals surface area contributed by atoms with E-state index in [1.165, 1.54) is 6.07 Å². The molecule has 166 valence electrons. The van der Waals surface area contributed by atoms with Crippen molar-refractivity contribution in [3.05, 3.63) is 60.0 Å². The number of aliphatic imine (C=N–C) groups is 1.